The van der Waals surface area contributed by atoms with Crippen LogP contribution in [-0.2, 0) is 13.0 Å². The number of aromatic nitrogens is 5. The van der Waals surface area contributed by atoms with Crippen LogP contribution in [0, 0.1) is 5.82 Å². The fourth-order valence-electron chi connectivity index (χ4n) is 2.91. The van der Waals surface area contributed by atoms with Crippen LogP contribution in [0.25, 0.3) is 11.0 Å². The Labute approximate surface area is 175 Å². The van der Waals surface area contributed by atoms with Gasteiger partial charge in [-0.1, -0.05) is 11.6 Å². The lowest BCUT2D eigenvalue weighted by Gasteiger charge is -2.11. The number of H-pyrrole nitrogens is 1. The Balaban J connectivity index is 1.57. The molecule has 0 saturated heterocycles. The number of Topliss-reactive ketones (excluding diaryl/α,β-unsaturated/α-hetero) is 1. The lowest BCUT2D eigenvalue weighted by atomic mass is 10.0. The van der Waals surface area contributed by atoms with Crippen molar-refractivity contribution in [3.05, 3.63) is 70.6 Å². The summed E-state index contributed by atoms with van der Waals surface area (Å²) < 4.78 is 25.6. The molecule has 3 aromatic heterocycles. The van der Waals surface area contributed by atoms with E-state index in [9.17, 15) is 9.18 Å². The Kier molecular flexibility index (Phi) is 5.53. The molecule has 0 fully saturated rings. The van der Waals surface area contributed by atoms with Gasteiger partial charge in [-0.25, -0.2) is 9.37 Å². The summed E-state index contributed by atoms with van der Waals surface area (Å²) in [6.45, 7) is 0.000887. The number of fused-ring (bicyclic) bond motifs is 1. The van der Waals surface area contributed by atoms with E-state index in [0.717, 1.165) is 0 Å². The summed E-state index contributed by atoms with van der Waals surface area (Å²) in [7, 11) is 1.48. The predicted molar refractivity (Wildman–Crippen MR) is 106 cm³/mol. The second kappa shape index (κ2) is 8.42. The van der Waals surface area contributed by atoms with Gasteiger partial charge in [0.25, 0.3) is 0 Å². The highest BCUT2D eigenvalue weighted by Gasteiger charge is 2.21. The zero-order chi connectivity index (χ0) is 21.1. The normalized spacial score (nSPS) is 10.9. The number of halogens is 2. The number of aromatic amines is 1. The van der Waals surface area contributed by atoms with Crippen molar-refractivity contribution in [2.45, 2.75) is 13.0 Å². The smallest absolute Gasteiger partial charge is 0.241 e. The van der Waals surface area contributed by atoms with Crippen LogP contribution in [0.1, 0.15) is 21.6 Å². The van der Waals surface area contributed by atoms with Crippen LogP contribution in [0.15, 0.2) is 43.0 Å². The molecule has 0 aliphatic heterocycles. The molecule has 4 aromatic rings. The van der Waals surface area contributed by atoms with Crippen LogP contribution in [0.5, 0.6) is 11.6 Å². The second-order valence-electron chi connectivity index (χ2n) is 6.29. The molecule has 0 aliphatic carbocycles. The van der Waals surface area contributed by atoms with E-state index in [0.29, 0.717) is 28.2 Å². The number of hydrogen-bond donors (Lipinski definition) is 1. The average molecular weight is 428 g/mol. The molecule has 1 N–H and O–H groups in total. The molecule has 0 saturated carbocycles. The van der Waals surface area contributed by atoms with Crippen molar-refractivity contribution in [1.29, 1.82) is 0 Å². The van der Waals surface area contributed by atoms with Crippen LogP contribution in [0.3, 0.4) is 0 Å². The monoisotopic (exact) mass is 427 g/mol. The van der Waals surface area contributed by atoms with Gasteiger partial charge in [0, 0.05) is 25.0 Å². The fraction of sp³-hybridized carbons (Fsp3) is 0.150. The minimum Gasteiger partial charge on any atom is -0.484 e. The first-order valence-electron chi connectivity index (χ1n) is 8.82. The number of ketones is 1. The van der Waals surface area contributed by atoms with Gasteiger partial charge >= 0.3 is 0 Å². The maximum atomic E-state index is 15.0. The molecule has 1 aromatic carbocycles. The minimum atomic E-state index is -0.827. The molecule has 4 rings (SSSR count). The van der Waals surface area contributed by atoms with Gasteiger partial charge in [-0.3, -0.25) is 19.9 Å². The third kappa shape index (κ3) is 3.92. The zero-order valence-corrected chi connectivity index (χ0v) is 16.5. The molecular formula is C20H15ClFN5O3. The Morgan fingerprint density at radius 1 is 1.23 bits per heavy atom. The molecule has 0 radical (unpaired) electrons. The highest BCUT2D eigenvalue weighted by molar-refractivity contribution is 6.34. The summed E-state index contributed by atoms with van der Waals surface area (Å²) in [6, 6.07) is 4.50. The lowest BCUT2D eigenvalue weighted by Crippen LogP contribution is -2.09. The molecule has 0 bridgehead atoms. The van der Waals surface area contributed by atoms with Crippen LogP contribution >= 0.6 is 11.6 Å². The topological polar surface area (TPSA) is 103 Å². The van der Waals surface area contributed by atoms with E-state index >= 15 is 0 Å². The van der Waals surface area contributed by atoms with Gasteiger partial charge in [-0.15, -0.1) is 5.10 Å². The van der Waals surface area contributed by atoms with Gasteiger partial charge in [0.1, 0.15) is 6.61 Å². The van der Waals surface area contributed by atoms with Crippen molar-refractivity contribution in [3.8, 4) is 11.6 Å². The van der Waals surface area contributed by atoms with Gasteiger partial charge in [0.2, 0.25) is 5.88 Å². The quantitative estimate of drug-likeness (QED) is 0.450. The highest BCUT2D eigenvalue weighted by Crippen LogP contribution is 2.29. The van der Waals surface area contributed by atoms with Gasteiger partial charge in [-0.2, -0.15) is 0 Å². The first-order valence-corrected chi connectivity index (χ1v) is 9.20. The molecule has 0 aliphatic rings. The fourth-order valence-corrected chi connectivity index (χ4v) is 3.16. The number of pyridine rings is 1. The van der Waals surface area contributed by atoms with Crippen molar-refractivity contribution in [2.75, 3.05) is 7.11 Å². The van der Waals surface area contributed by atoms with Gasteiger partial charge in [0.05, 0.1) is 35.0 Å². The number of carbonyl (C=O) groups excluding carboxylic acids is 1. The molecule has 0 unspecified atom stereocenters. The molecular weight excluding hydrogens is 413 g/mol. The van der Waals surface area contributed by atoms with Crippen LogP contribution < -0.4 is 9.47 Å². The van der Waals surface area contributed by atoms with Crippen molar-refractivity contribution in [3.63, 3.8) is 0 Å². The number of rotatable bonds is 7. The molecule has 8 nitrogen and oxygen atoms in total. The summed E-state index contributed by atoms with van der Waals surface area (Å²) in [5, 5.41) is 7.32. The third-order valence-electron chi connectivity index (χ3n) is 4.32. The third-order valence-corrected chi connectivity index (χ3v) is 4.64. The molecule has 10 heteroatoms. The summed E-state index contributed by atoms with van der Waals surface area (Å²) in [5.74, 6) is -1.08. The van der Waals surface area contributed by atoms with E-state index < -0.39 is 11.6 Å². The van der Waals surface area contributed by atoms with Crippen LogP contribution in [-0.4, -0.2) is 38.0 Å². The number of carbonyl (C=O) groups is 1. The lowest BCUT2D eigenvalue weighted by molar-refractivity contribution is 0.0988. The number of methoxy groups -OCH3 is 1. The van der Waals surface area contributed by atoms with Crippen LogP contribution in [0.2, 0.25) is 5.02 Å². The summed E-state index contributed by atoms with van der Waals surface area (Å²) in [6.07, 6.45) is 5.94. The number of benzene rings is 1. The van der Waals surface area contributed by atoms with Crippen molar-refractivity contribution in [2.24, 2.45) is 0 Å². The Morgan fingerprint density at radius 3 is 2.87 bits per heavy atom. The first-order chi connectivity index (χ1) is 14.6. The Morgan fingerprint density at radius 2 is 2.10 bits per heavy atom. The molecule has 0 spiro atoms. The standard InChI is InChI=1S/C20H15ClFN5O3/c1-29-20-13-6-11(8-25-19(13)26-27-20)7-15(28)17-14(21)2-3-16(18(17)22)30-10-12-9-23-4-5-24-12/h2-6,8-9H,7,10H2,1H3,(H,25,26,27). The van der Waals surface area contributed by atoms with Crippen molar-refractivity contribution < 1.29 is 18.7 Å². The van der Waals surface area contributed by atoms with E-state index in [1.54, 1.807) is 6.07 Å². The molecule has 0 amide bonds. The average Bonchev–Trinajstić information content (AvgIpc) is 3.16. The summed E-state index contributed by atoms with van der Waals surface area (Å²) in [5.41, 5.74) is 1.36. The highest BCUT2D eigenvalue weighted by atomic mass is 35.5. The van der Waals surface area contributed by atoms with E-state index in [2.05, 4.69) is 25.1 Å². The predicted octanol–water partition coefficient (Wildman–Crippen LogP) is 3.55. The molecule has 152 valence electrons. The van der Waals surface area contributed by atoms with Gasteiger partial charge in [-0.05, 0) is 23.8 Å². The number of ether oxygens (including phenoxy) is 2. The van der Waals surface area contributed by atoms with Gasteiger partial charge < -0.3 is 9.47 Å². The summed E-state index contributed by atoms with van der Waals surface area (Å²) >= 11 is 6.12. The summed E-state index contributed by atoms with van der Waals surface area (Å²) in [4.78, 5) is 25.0. The maximum Gasteiger partial charge on any atom is 0.241 e. The van der Waals surface area contributed by atoms with Crippen LogP contribution in [0.4, 0.5) is 4.39 Å². The largest absolute Gasteiger partial charge is 0.484 e. The zero-order valence-electron chi connectivity index (χ0n) is 15.7. The van der Waals surface area contributed by atoms with E-state index in [4.69, 9.17) is 21.1 Å². The Hall–Kier alpha value is -3.59. The van der Waals surface area contributed by atoms with Crippen molar-refractivity contribution in [1.82, 2.24) is 25.1 Å². The number of nitrogens with zero attached hydrogens (tertiary/aromatic N) is 4. The molecule has 3 heterocycles. The Bertz CT molecular complexity index is 1220. The van der Waals surface area contributed by atoms with E-state index in [-0.39, 0.29) is 29.4 Å². The van der Waals surface area contributed by atoms with Gasteiger partial charge in [0.15, 0.2) is 23.0 Å². The number of nitrogens with one attached hydrogen (secondary N) is 1. The maximum absolute atomic E-state index is 15.0. The molecule has 0 atom stereocenters. The number of hydrogen-bond acceptors (Lipinski definition) is 7. The van der Waals surface area contributed by atoms with E-state index in [1.807, 2.05) is 0 Å². The minimum absolute atomic E-state index is 0.000665. The SMILES string of the molecule is COc1n[nH]c2ncc(CC(=O)c3c(Cl)ccc(OCc4cnccn4)c3F)cc12. The van der Waals surface area contributed by atoms with E-state index in [1.165, 1.54) is 44.0 Å². The first kappa shape index (κ1) is 19.7. The molecule has 30 heavy (non-hydrogen) atoms. The van der Waals surface area contributed by atoms with Crippen molar-refractivity contribution >= 4 is 28.4 Å². The second-order valence-corrected chi connectivity index (χ2v) is 6.70.